The summed E-state index contributed by atoms with van der Waals surface area (Å²) in [7, 11) is 3.69. The van der Waals surface area contributed by atoms with Crippen molar-refractivity contribution < 1.29 is 4.74 Å². The number of benzene rings is 1. The molecule has 0 saturated carbocycles. The predicted molar refractivity (Wildman–Crippen MR) is 70.0 cm³/mol. The molecule has 0 saturated heterocycles. The number of azo groups is 1. The molecule has 94 valence electrons. The molecule has 0 aliphatic carbocycles. The standard InChI is InChI=1S/C12H20N4O/c1-14-15-11-3-5-12(6-4-11)16(2)8-10-17-9-7-13/h3-6H,7-10,13H2,1-2H3/b15-14+. The van der Waals surface area contributed by atoms with E-state index in [1.807, 2.05) is 31.3 Å². The van der Waals surface area contributed by atoms with E-state index in [-0.39, 0.29) is 0 Å². The molecule has 0 atom stereocenters. The van der Waals surface area contributed by atoms with Crippen LogP contribution in [0.15, 0.2) is 34.5 Å². The SMILES string of the molecule is C/N=N/c1ccc(N(C)CCOCCN)cc1. The Labute approximate surface area is 102 Å². The van der Waals surface area contributed by atoms with E-state index >= 15 is 0 Å². The maximum absolute atomic E-state index is 5.34. The minimum absolute atomic E-state index is 0.570. The third kappa shape index (κ3) is 4.93. The monoisotopic (exact) mass is 236 g/mol. The number of nitrogens with zero attached hydrogens (tertiary/aromatic N) is 3. The molecule has 0 radical (unpaired) electrons. The van der Waals surface area contributed by atoms with E-state index in [4.69, 9.17) is 10.5 Å². The van der Waals surface area contributed by atoms with Gasteiger partial charge in [-0.3, -0.25) is 0 Å². The summed E-state index contributed by atoms with van der Waals surface area (Å²) in [5.41, 5.74) is 7.34. The first kappa shape index (κ1) is 13.6. The summed E-state index contributed by atoms with van der Waals surface area (Å²) in [6.07, 6.45) is 0. The highest BCUT2D eigenvalue weighted by Gasteiger charge is 2.00. The lowest BCUT2D eigenvalue weighted by Gasteiger charge is -2.19. The van der Waals surface area contributed by atoms with Crippen LogP contribution in [-0.2, 0) is 4.74 Å². The van der Waals surface area contributed by atoms with E-state index in [0.29, 0.717) is 19.8 Å². The van der Waals surface area contributed by atoms with Crippen molar-refractivity contribution in [2.45, 2.75) is 0 Å². The van der Waals surface area contributed by atoms with E-state index in [1.165, 1.54) is 0 Å². The van der Waals surface area contributed by atoms with Crippen molar-refractivity contribution in [1.82, 2.24) is 0 Å². The van der Waals surface area contributed by atoms with Gasteiger partial charge in [0.15, 0.2) is 0 Å². The Hall–Kier alpha value is -1.46. The van der Waals surface area contributed by atoms with Gasteiger partial charge < -0.3 is 15.4 Å². The summed E-state index contributed by atoms with van der Waals surface area (Å²) in [5.74, 6) is 0. The fourth-order valence-electron chi connectivity index (χ4n) is 1.41. The molecular weight excluding hydrogens is 216 g/mol. The van der Waals surface area contributed by atoms with Gasteiger partial charge in [-0.1, -0.05) is 0 Å². The highest BCUT2D eigenvalue weighted by atomic mass is 16.5. The molecule has 0 amide bonds. The summed E-state index contributed by atoms with van der Waals surface area (Å²) in [6, 6.07) is 7.93. The van der Waals surface area contributed by atoms with Crippen LogP contribution in [0.4, 0.5) is 11.4 Å². The molecular formula is C12H20N4O. The van der Waals surface area contributed by atoms with E-state index < -0.39 is 0 Å². The van der Waals surface area contributed by atoms with Crippen LogP contribution in [0.25, 0.3) is 0 Å². The Morgan fingerprint density at radius 3 is 2.53 bits per heavy atom. The van der Waals surface area contributed by atoms with Crippen molar-refractivity contribution in [2.24, 2.45) is 16.0 Å². The van der Waals surface area contributed by atoms with Crippen LogP contribution >= 0.6 is 0 Å². The molecule has 2 N–H and O–H groups in total. The maximum Gasteiger partial charge on any atom is 0.0853 e. The van der Waals surface area contributed by atoms with E-state index in [1.54, 1.807) is 7.05 Å². The van der Waals surface area contributed by atoms with Gasteiger partial charge in [0.05, 0.1) is 18.9 Å². The van der Waals surface area contributed by atoms with Crippen molar-refractivity contribution >= 4 is 11.4 Å². The third-order valence-electron chi connectivity index (χ3n) is 2.34. The molecule has 1 aromatic rings. The Morgan fingerprint density at radius 1 is 1.24 bits per heavy atom. The molecule has 1 aromatic carbocycles. The minimum Gasteiger partial charge on any atom is -0.378 e. The number of nitrogens with two attached hydrogens (primary N) is 1. The highest BCUT2D eigenvalue weighted by molar-refractivity contribution is 5.52. The molecule has 1 rings (SSSR count). The summed E-state index contributed by atoms with van der Waals surface area (Å²) in [5, 5.41) is 7.69. The highest BCUT2D eigenvalue weighted by Crippen LogP contribution is 2.18. The van der Waals surface area contributed by atoms with Crippen molar-refractivity contribution in [3.05, 3.63) is 24.3 Å². The van der Waals surface area contributed by atoms with Crippen molar-refractivity contribution in [1.29, 1.82) is 0 Å². The average Bonchev–Trinajstić information content (AvgIpc) is 2.36. The quantitative estimate of drug-likeness (QED) is 0.580. The second-order valence-corrected chi connectivity index (χ2v) is 3.64. The summed E-state index contributed by atoms with van der Waals surface area (Å²) in [6.45, 7) is 2.71. The van der Waals surface area contributed by atoms with Crippen molar-refractivity contribution in [3.8, 4) is 0 Å². The molecule has 0 aliphatic rings. The zero-order valence-electron chi connectivity index (χ0n) is 10.5. The van der Waals surface area contributed by atoms with Crippen LogP contribution in [-0.4, -0.2) is 40.4 Å². The van der Waals surface area contributed by atoms with Gasteiger partial charge in [-0.2, -0.15) is 10.2 Å². The molecule has 5 nitrogen and oxygen atoms in total. The molecule has 0 heterocycles. The smallest absolute Gasteiger partial charge is 0.0853 e. The fourth-order valence-corrected chi connectivity index (χ4v) is 1.41. The van der Waals surface area contributed by atoms with Crippen LogP contribution in [0.5, 0.6) is 0 Å². The average molecular weight is 236 g/mol. The largest absolute Gasteiger partial charge is 0.378 e. The summed E-state index contributed by atoms with van der Waals surface area (Å²) < 4.78 is 5.34. The molecule has 0 unspecified atom stereocenters. The number of likely N-dealkylation sites (N-methyl/N-ethyl adjacent to an activating group) is 1. The van der Waals surface area contributed by atoms with E-state index in [2.05, 4.69) is 15.1 Å². The summed E-state index contributed by atoms with van der Waals surface area (Å²) >= 11 is 0. The Balaban J connectivity index is 2.43. The number of rotatable bonds is 7. The molecule has 0 spiro atoms. The fraction of sp³-hybridized carbons (Fsp3) is 0.500. The molecule has 0 fully saturated rings. The van der Waals surface area contributed by atoms with Crippen molar-refractivity contribution in [2.75, 3.05) is 45.3 Å². The van der Waals surface area contributed by atoms with Gasteiger partial charge in [-0.05, 0) is 24.3 Å². The number of anilines is 1. The van der Waals surface area contributed by atoms with Crippen LogP contribution < -0.4 is 10.6 Å². The second-order valence-electron chi connectivity index (χ2n) is 3.64. The van der Waals surface area contributed by atoms with Crippen LogP contribution in [0.3, 0.4) is 0 Å². The molecule has 5 heteroatoms. The van der Waals surface area contributed by atoms with Crippen LogP contribution in [0.2, 0.25) is 0 Å². The van der Waals surface area contributed by atoms with Gasteiger partial charge in [0.25, 0.3) is 0 Å². The topological polar surface area (TPSA) is 63.2 Å². The molecule has 0 bridgehead atoms. The Kier molecular flexibility index (Phi) is 6.21. The number of hydrogen-bond acceptors (Lipinski definition) is 5. The predicted octanol–water partition coefficient (Wildman–Crippen LogP) is 1.81. The summed E-state index contributed by atoms with van der Waals surface area (Å²) in [4.78, 5) is 2.13. The zero-order valence-corrected chi connectivity index (χ0v) is 10.5. The van der Waals surface area contributed by atoms with Gasteiger partial charge in [-0.15, -0.1) is 0 Å². The zero-order chi connectivity index (χ0) is 12.5. The molecule has 0 aromatic heterocycles. The van der Waals surface area contributed by atoms with Gasteiger partial charge in [0, 0.05) is 32.9 Å². The minimum atomic E-state index is 0.570. The maximum atomic E-state index is 5.34. The lowest BCUT2D eigenvalue weighted by Crippen LogP contribution is -2.23. The van der Waals surface area contributed by atoms with Gasteiger partial charge in [0.2, 0.25) is 0 Å². The van der Waals surface area contributed by atoms with Gasteiger partial charge in [0.1, 0.15) is 0 Å². The Bertz CT molecular complexity index is 337. The van der Waals surface area contributed by atoms with Gasteiger partial charge in [-0.25, -0.2) is 0 Å². The van der Waals surface area contributed by atoms with Crippen LogP contribution in [0.1, 0.15) is 0 Å². The first-order valence-corrected chi connectivity index (χ1v) is 5.66. The molecule has 17 heavy (non-hydrogen) atoms. The van der Waals surface area contributed by atoms with Gasteiger partial charge >= 0.3 is 0 Å². The number of ether oxygens (including phenoxy) is 1. The Morgan fingerprint density at radius 2 is 1.94 bits per heavy atom. The first-order valence-electron chi connectivity index (χ1n) is 5.66. The lowest BCUT2D eigenvalue weighted by atomic mass is 10.2. The van der Waals surface area contributed by atoms with E-state index in [0.717, 1.165) is 17.9 Å². The van der Waals surface area contributed by atoms with Crippen molar-refractivity contribution in [3.63, 3.8) is 0 Å². The molecule has 0 aliphatic heterocycles. The second kappa shape index (κ2) is 7.76. The normalized spacial score (nSPS) is 11.0. The lowest BCUT2D eigenvalue weighted by molar-refractivity contribution is 0.148. The third-order valence-corrected chi connectivity index (χ3v) is 2.34. The first-order chi connectivity index (χ1) is 8.27. The number of hydrogen-bond donors (Lipinski definition) is 1. The van der Waals surface area contributed by atoms with Crippen LogP contribution in [0, 0.1) is 0 Å². The van der Waals surface area contributed by atoms with E-state index in [9.17, 15) is 0 Å².